The molecule has 4 heteroatoms. The number of rotatable bonds is 4. The number of methoxy groups -OCH3 is 1. The molecule has 0 radical (unpaired) electrons. The highest BCUT2D eigenvalue weighted by Crippen LogP contribution is 2.33. The van der Waals surface area contributed by atoms with Crippen LogP contribution in [-0.2, 0) is 6.42 Å². The van der Waals surface area contributed by atoms with Gasteiger partial charge in [0.15, 0.2) is 0 Å². The first-order valence-corrected chi connectivity index (χ1v) is 5.56. The van der Waals surface area contributed by atoms with Gasteiger partial charge in [0.05, 0.1) is 12.1 Å². The van der Waals surface area contributed by atoms with Crippen molar-refractivity contribution in [2.75, 3.05) is 13.7 Å². The molecule has 1 aromatic rings. The van der Waals surface area contributed by atoms with Gasteiger partial charge < -0.3 is 10.5 Å². The summed E-state index contributed by atoms with van der Waals surface area (Å²) in [6.45, 7) is 2.71. The summed E-state index contributed by atoms with van der Waals surface area (Å²) in [4.78, 5) is 0. The summed E-state index contributed by atoms with van der Waals surface area (Å²) in [5, 5.41) is 1.17. The molecular formula is C11H15Cl2NO. The molecule has 0 aliphatic carbocycles. The van der Waals surface area contributed by atoms with Gasteiger partial charge in [0, 0.05) is 5.02 Å². The predicted octanol–water partition coefficient (Wildman–Crippen LogP) is 3.14. The molecule has 1 aromatic carbocycles. The van der Waals surface area contributed by atoms with Crippen molar-refractivity contribution in [3.8, 4) is 5.75 Å². The molecule has 2 N–H and O–H groups in total. The zero-order valence-electron chi connectivity index (χ0n) is 8.89. The van der Waals surface area contributed by atoms with Crippen LogP contribution in [0.25, 0.3) is 0 Å². The Morgan fingerprint density at radius 2 is 2.07 bits per heavy atom. The highest BCUT2D eigenvalue weighted by molar-refractivity contribution is 6.35. The lowest BCUT2D eigenvalue weighted by Gasteiger charge is -2.14. The fraction of sp³-hybridized carbons (Fsp3) is 0.455. The molecule has 1 unspecified atom stereocenters. The van der Waals surface area contributed by atoms with E-state index in [4.69, 9.17) is 33.7 Å². The number of hydrogen-bond acceptors (Lipinski definition) is 2. The molecule has 0 amide bonds. The Morgan fingerprint density at radius 1 is 1.40 bits per heavy atom. The van der Waals surface area contributed by atoms with Crippen LogP contribution in [0.3, 0.4) is 0 Å². The van der Waals surface area contributed by atoms with Crippen LogP contribution >= 0.6 is 23.2 Å². The molecule has 0 fully saturated rings. The fourth-order valence-electron chi connectivity index (χ4n) is 1.45. The quantitative estimate of drug-likeness (QED) is 0.888. The molecule has 0 heterocycles. The summed E-state index contributed by atoms with van der Waals surface area (Å²) < 4.78 is 5.25. The highest BCUT2D eigenvalue weighted by Gasteiger charge is 2.12. The summed E-state index contributed by atoms with van der Waals surface area (Å²) >= 11 is 12.0. The third kappa shape index (κ3) is 3.26. The first-order valence-electron chi connectivity index (χ1n) is 4.80. The van der Waals surface area contributed by atoms with Gasteiger partial charge in [-0.2, -0.15) is 0 Å². The van der Waals surface area contributed by atoms with Gasteiger partial charge in [-0.15, -0.1) is 0 Å². The Kier molecular flexibility index (Phi) is 4.71. The lowest BCUT2D eigenvalue weighted by molar-refractivity contribution is 0.406. The number of benzene rings is 1. The number of ether oxygens (including phenoxy) is 1. The Labute approximate surface area is 100 Å². The van der Waals surface area contributed by atoms with Gasteiger partial charge in [-0.1, -0.05) is 30.1 Å². The summed E-state index contributed by atoms with van der Waals surface area (Å²) in [7, 11) is 1.60. The van der Waals surface area contributed by atoms with E-state index in [1.165, 1.54) is 0 Å². The van der Waals surface area contributed by atoms with Crippen LogP contribution in [0.2, 0.25) is 10.0 Å². The maximum atomic E-state index is 6.02. The summed E-state index contributed by atoms with van der Waals surface area (Å²) in [6, 6.07) is 3.55. The predicted molar refractivity (Wildman–Crippen MR) is 64.9 cm³/mol. The zero-order chi connectivity index (χ0) is 11.4. The zero-order valence-corrected chi connectivity index (χ0v) is 10.4. The lowest BCUT2D eigenvalue weighted by atomic mass is 10.0. The molecule has 0 aliphatic heterocycles. The van der Waals surface area contributed by atoms with Gasteiger partial charge in [0.2, 0.25) is 0 Å². The van der Waals surface area contributed by atoms with Crippen molar-refractivity contribution in [2.24, 2.45) is 11.7 Å². The standard InChI is InChI=1S/C11H15Cl2NO/c1-7(6-14)3-8-4-9(12)5-10(13)11(8)15-2/h4-5,7H,3,6,14H2,1-2H3. The molecule has 84 valence electrons. The van der Waals surface area contributed by atoms with Gasteiger partial charge >= 0.3 is 0 Å². The van der Waals surface area contributed by atoms with Crippen LogP contribution in [0.5, 0.6) is 5.75 Å². The third-order valence-corrected chi connectivity index (χ3v) is 2.76. The van der Waals surface area contributed by atoms with Crippen LogP contribution < -0.4 is 10.5 Å². The summed E-state index contributed by atoms with van der Waals surface area (Å²) in [6.07, 6.45) is 0.819. The Balaban J connectivity index is 3.03. The Morgan fingerprint density at radius 3 is 2.60 bits per heavy atom. The summed E-state index contributed by atoms with van der Waals surface area (Å²) in [5.74, 6) is 1.08. The van der Waals surface area contributed by atoms with Gasteiger partial charge in [0.25, 0.3) is 0 Å². The molecule has 0 saturated heterocycles. The van der Waals surface area contributed by atoms with E-state index in [9.17, 15) is 0 Å². The molecule has 0 aromatic heterocycles. The van der Waals surface area contributed by atoms with Gasteiger partial charge in [-0.3, -0.25) is 0 Å². The minimum atomic E-state index is 0.383. The topological polar surface area (TPSA) is 35.2 Å². The normalized spacial score (nSPS) is 12.6. The van der Waals surface area contributed by atoms with Crippen molar-refractivity contribution in [1.29, 1.82) is 0 Å². The van der Waals surface area contributed by atoms with E-state index >= 15 is 0 Å². The van der Waals surface area contributed by atoms with Crippen molar-refractivity contribution >= 4 is 23.2 Å². The first-order chi connectivity index (χ1) is 7.08. The van der Waals surface area contributed by atoms with Crippen LogP contribution in [-0.4, -0.2) is 13.7 Å². The van der Waals surface area contributed by atoms with E-state index in [2.05, 4.69) is 6.92 Å². The average molecular weight is 248 g/mol. The largest absolute Gasteiger partial charge is 0.495 e. The van der Waals surface area contributed by atoms with E-state index in [1.807, 2.05) is 6.07 Å². The van der Waals surface area contributed by atoms with Crippen molar-refractivity contribution in [1.82, 2.24) is 0 Å². The van der Waals surface area contributed by atoms with E-state index in [1.54, 1.807) is 13.2 Å². The molecule has 2 nitrogen and oxygen atoms in total. The number of halogens is 2. The lowest BCUT2D eigenvalue weighted by Crippen LogP contribution is -2.13. The second-order valence-electron chi connectivity index (χ2n) is 3.62. The Hall–Kier alpha value is -0.440. The minimum Gasteiger partial charge on any atom is -0.495 e. The molecule has 0 saturated carbocycles. The second kappa shape index (κ2) is 5.59. The molecule has 15 heavy (non-hydrogen) atoms. The maximum absolute atomic E-state index is 6.02. The van der Waals surface area contributed by atoms with Crippen molar-refractivity contribution in [3.05, 3.63) is 27.7 Å². The molecule has 1 atom stereocenters. The fourth-order valence-corrected chi connectivity index (χ4v) is 2.07. The van der Waals surface area contributed by atoms with Crippen molar-refractivity contribution in [3.63, 3.8) is 0 Å². The molecule has 1 rings (SSSR count). The maximum Gasteiger partial charge on any atom is 0.140 e. The van der Waals surface area contributed by atoms with Crippen molar-refractivity contribution < 1.29 is 4.74 Å². The number of hydrogen-bond donors (Lipinski definition) is 1. The van der Waals surface area contributed by atoms with Crippen molar-refractivity contribution in [2.45, 2.75) is 13.3 Å². The first kappa shape index (κ1) is 12.6. The molecule has 0 spiro atoms. The van der Waals surface area contributed by atoms with E-state index in [-0.39, 0.29) is 0 Å². The molecule has 0 aliphatic rings. The van der Waals surface area contributed by atoms with Crippen LogP contribution in [0.4, 0.5) is 0 Å². The van der Waals surface area contributed by atoms with Gasteiger partial charge in [-0.05, 0) is 36.6 Å². The Bertz CT molecular complexity index is 342. The third-order valence-electron chi connectivity index (χ3n) is 2.26. The monoisotopic (exact) mass is 247 g/mol. The van der Waals surface area contributed by atoms with E-state index in [0.717, 1.165) is 12.0 Å². The average Bonchev–Trinajstić information content (AvgIpc) is 2.17. The smallest absolute Gasteiger partial charge is 0.140 e. The van der Waals surface area contributed by atoms with E-state index < -0.39 is 0 Å². The number of nitrogens with two attached hydrogens (primary N) is 1. The van der Waals surface area contributed by atoms with Crippen LogP contribution in [0.15, 0.2) is 12.1 Å². The molecular weight excluding hydrogens is 233 g/mol. The summed E-state index contributed by atoms with van der Waals surface area (Å²) in [5.41, 5.74) is 6.59. The van der Waals surface area contributed by atoms with Gasteiger partial charge in [-0.25, -0.2) is 0 Å². The van der Waals surface area contributed by atoms with Gasteiger partial charge in [0.1, 0.15) is 5.75 Å². The SMILES string of the molecule is COc1c(Cl)cc(Cl)cc1CC(C)CN. The minimum absolute atomic E-state index is 0.383. The van der Waals surface area contributed by atoms with Crippen LogP contribution in [0.1, 0.15) is 12.5 Å². The van der Waals surface area contributed by atoms with Crippen LogP contribution in [0, 0.1) is 5.92 Å². The highest BCUT2D eigenvalue weighted by atomic mass is 35.5. The van der Waals surface area contributed by atoms with E-state index in [0.29, 0.717) is 28.3 Å². The second-order valence-corrected chi connectivity index (χ2v) is 4.47. The molecule has 0 bridgehead atoms.